The number of esters is 1. The lowest BCUT2D eigenvalue weighted by molar-refractivity contribution is 0.0727. The standard InChI is InChI=1S/C14H13ClN2O4S/c1-8-4-5-10(6-9(8)2)21-13(18)12-11(15)7-16-14(17-12)22(3,19)20/h4-7H,1-3H3. The van der Waals surface area contributed by atoms with Crippen LogP contribution in [0.2, 0.25) is 5.02 Å². The third-order valence-electron chi connectivity index (χ3n) is 2.94. The van der Waals surface area contributed by atoms with Crippen LogP contribution < -0.4 is 4.74 Å². The molecule has 0 fully saturated rings. The molecule has 0 saturated heterocycles. The molecule has 116 valence electrons. The lowest BCUT2D eigenvalue weighted by Gasteiger charge is -2.07. The Morgan fingerprint density at radius 3 is 2.50 bits per heavy atom. The Kier molecular flexibility index (Phi) is 4.48. The molecule has 0 amide bonds. The molecule has 2 rings (SSSR count). The van der Waals surface area contributed by atoms with E-state index in [2.05, 4.69) is 9.97 Å². The topological polar surface area (TPSA) is 86.2 Å². The van der Waals surface area contributed by atoms with Crippen LogP contribution in [-0.4, -0.2) is 30.6 Å². The van der Waals surface area contributed by atoms with Crippen LogP contribution in [0.15, 0.2) is 29.6 Å². The number of nitrogens with zero attached hydrogens (tertiary/aromatic N) is 2. The Balaban J connectivity index is 2.35. The number of hydrogen-bond donors (Lipinski definition) is 0. The van der Waals surface area contributed by atoms with E-state index < -0.39 is 21.0 Å². The van der Waals surface area contributed by atoms with E-state index in [1.54, 1.807) is 12.1 Å². The van der Waals surface area contributed by atoms with Crippen molar-refractivity contribution >= 4 is 27.4 Å². The maximum Gasteiger partial charge on any atom is 0.364 e. The number of halogens is 1. The lowest BCUT2D eigenvalue weighted by atomic mass is 10.1. The fourth-order valence-electron chi connectivity index (χ4n) is 1.61. The second kappa shape index (κ2) is 6.02. The molecule has 0 aliphatic heterocycles. The summed E-state index contributed by atoms with van der Waals surface area (Å²) in [5, 5.41) is -0.565. The molecule has 6 nitrogen and oxygen atoms in total. The van der Waals surface area contributed by atoms with Gasteiger partial charge in [-0.2, -0.15) is 0 Å². The number of benzene rings is 1. The highest BCUT2D eigenvalue weighted by Crippen LogP contribution is 2.20. The smallest absolute Gasteiger partial charge is 0.364 e. The summed E-state index contributed by atoms with van der Waals surface area (Å²) in [6.07, 6.45) is 2.00. The molecule has 0 N–H and O–H groups in total. The molecule has 0 saturated carbocycles. The maximum atomic E-state index is 12.1. The van der Waals surface area contributed by atoms with Gasteiger partial charge in [0.2, 0.25) is 15.0 Å². The van der Waals surface area contributed by atoms with E-state index in [1.165, 1.54) is 0 Å². The highest BCUT2D eigenvalue weighted by atomic mass is 35.5. The first kappa shape index (κ1) is 16.4. The molecule has 1 heterocycles. The van der Waals surface area contributed by atoms with Gasteiger partial charge in [0, 0.05) is 6.26 Å². The molecular formula is C14H13ClN2O4S. The second-order valence-electron chi connectivity index (χ2n) is 4.76. The van der Waals surface area contributed by atoms with Crippen LogP contribution in [-0.2, 0) is 9.84 Å². The highest BCUT2D eigenvalue weighted by Gasteiger charge is 2.20. The maximum absolute atomic E-state index is 12.1. The Morgan fingerprint density at radius 2 is 1.91 bits per heavy atom. The van der Waals surface area contributed by atoms with E-state index in [-0.39, 0.29) is 10.7 Å². The van der Waals surface area contributed by atoms with Crippen LogP contribution in [0.25, 0.3) is 0 Å². The molecule has 2 aromatic rings. The summed E-state index contributed by atoms with van der Waals surface area (Å²) in [6, 6.07) is 5.13. The molecule has 0 radical (unpaired) electrons. The summed E-state index contributed by atoms with van der Waals surface area (Å²) >= 11 is 5.84. The van der Waals surface area contributed by atoms with Gasteiger partial charge in [-0.3, -0.25) is 0 Å². The minimum Gasteiger partial charge on any atom is -0.422 e. The minimum absolute atomic E-state index is 0.0822. The van der Waals surface area contributed by atoms with Crippen molar-refractivity contribution in [1.82, 2.24) is 9.97 Å². The zero-order chi connectivity index (χ0) is 16.5. The molecule has 0 spiro atoms. The first-order valence-electron chi connectivity index (χ1n) is 6.20. The first-order chi connectivity index (χ1) is 10.2. The average Bonchev–Trinajstić information content (AvgIpc) is 2.42. The molecule has 0 bridgehead atoms. The zero-order valence-corrected chi connectivity index (χ0v) is 13.7. The van der Waals surface area contributed by atoms with Crippen LogP contribution in [0.5, 0.6) is 5.75 Å². The van der Waals surface area contributed by atoms with Crippen molar-refractivity contribution in [2.45, 2.75) is 19.0 Å². The number of sulfone groups is 1. The van der Waals surface area contributed by atoms with Gasteiger partial charge in [-0.25, -0.2) is 23.2 Å². The highest BCUT2D eigenvalue weighted by molar-refractivity contribution is 7.90. The van der Waals surface area contributed by atoms with Crippen LogP contribution in [0.4, 0.5) is 0 Å². The summed E-state index contributed by atoms with van der Waals surface area (Å²) in [4.78, 5) is 19.4. The van der Waals surface area contributed by atoms with Crippen molar-refractivity contribution in [3.8, 4) is 5.75 Å². The van der Waals surface area contributed by atoms with Gasteiger partial charge in [0.25, 0.3) is 0 Å². The Bertz CT molecular complexity index is 850. The quantitative estimate of drug-likeness (QED) is 0.484. The van der Waals surface area contributed by atoms with Gasteiger partial charge in [-0.1, -0.05) is 17.7 Å². The summed E-state index contributed by atoms with van der Waals surface area (Å²) in [7, 11) is -3.65. The number of carbonyl (C=O) groups is 1. The van der Waals surface area contributed by atoms with Crippen molar-refractivity contribution in [3.63, 3.8) is 0 Å². The van der Waals surface area contributed by atoms with E-state index in [9.17, 15) is 13.2 Å². The van der Waals surface area contributed by atoms with Crippen LogP contribution in [0.3, 0.4) is 0 Å². The lowest BCUT2D eigenvalue weighted by Crippen LogP contribution is -2.15. The van der Waals surface area contributed by atoms with E-state index in [0.717, 1.165) is 23.6 Å². The molecular weight excluding hydrogens is 328 g/mol. The first-order valence-corrected chi connectivity index (χ1v) is 8.47. The van der Waals surface area contributed by atoms with Crippen molar-refractivity contribution < 1.29 is 17.9 Å². The van der Waals surface area contributed by atoms with Crippen molar-refractivity contribution in [2.24, 2.45) is 0 Å². The molecule has 0 atom stereocenters. The largest absolute Gasteiger partial charge is 0.422 e. The average molecular weight is 341 g/mol. The van der Waals surface area contributed by atoms with Gasteiger partial charge in [0.05, 0.1) is 11.2 Å². The molecule has 0 aliphatic carbocycles. The van der Waals surface area contributed by atoms with Crippen molar-refractivity contribution in [1.29, 1.82) is 0 Å². The van der Waals surface area contributed by atoms with Crippen LogP contribution in [0, 0.1) is 13.8 Å². The molecule has 0 aliphatic rings. The normalized spacial score (nSPS) is 11.3. The number of rotatable bonds is 3. The van der Waals surface area contributed by atoms with Crippen LogP contribution in [0.1, 0.15) is 21.6 Å². The van der Waals surface area contributed by atoms with Gasteiger partial charge in [-0.15, -0.1) is 0 Å². The SMILES string of the molecule is Cc1ccc(OC(=O)c2nc(S(C)(=O)=O)ncc2Cl)cc1C. The van der Waals surface area contributed by atoms with E-state index in [4.69, 9.17) is 16.3 Å². The molecule has 1 aromatic carbocycles. The number of hydrogen-bond acceptors (Lipinski definition) is 6. The van der Waals surface area contributed by atoms with Crippen molar-refractivity contribution in [3.05, 3.63) is 46.2 Å². The Hall–Kier alpha value is -1.99. The summed E-state index contributed by atoms with van der Waals surface area (Å²) in [5.74, 6) is -0.524. The zero-order valence-electron chi connectivity index (χ0n) is 12.1. The summed E-state index contributed by atoms with van der Waals surface area (Å²) in [6.45, 7) is 3.81. The molecule has 22 heavy (non-hydrogen) atoms. The Morgan fingerprint density at radius 1 is 1.23 bits per heavy atom. The minimum atomic E-state index is -3.65. The number of aryl methyl sites for hydroxylation is 2. The fourth-order valence-corrected chi connectivity index (χ4v) is 2.28. The third-order valence-corrected chi connectivity index (χ3v) is 4.07. The van der Waals surface area contributed by atoms with Gasteiger partial charge >= 0.3 is 5.97 Å². The van der Waals surface area contributed by atoms with Crippen LogP contribution >= 0.6 is 11.6 Å². The third kappa shape index (κ3) is 3.61. The number of aromatic nitrogens is 2. The van der Waals surface area contributed by atoms with E-state index in [0.29, 0.717) is 5.75 Å². The fraction of sp³-hybridized carbons (Fsp3) is 0.214. The van der Waals surface area contributed by atoms with Gasteiger partial charge in [-0.05, 0) is 37.1 Å². The van der Waals surface area contributed by atoms with E-state index in [1.807, 2.05) is 19.9 Å². The van der Waals surface area contributed by atoms with Gasteiger partial charge in [0.15, 0.2) is 5.69 Å². The number of ether oxygens (including phenoxy) is 1. The van der Waals surface area contributed by atoms with E-state index >= 15 is 0 Å². The van der Waals surface area contributed by atoms with Crippen molar-refractivity contribution in [2.75, 3.05) is 6.26 Å². The predicted molar refractivity (Wildman–Crippen MR) is 81.0 cm³/mol. The van der Waals surface area contributed by atoms with Gasteiger partial charge in [0.1, 0.15) is 5.75 Å². The Labute approximate surface area is 133 Å². The molecule has 0 unspecified atom stereocenters. The molecule has 8 heteroatoms. The molecule has 1 aromatic heterocycles. The number of carbonyl (C=O) groups excluding carboxylic acids is 1. The summed E-state index contributed by atoms with van der Waals surface area (Å²) in [5.41, 5.74) is 1.71. The summed E-state index contributed by atoms with van der Waals surface area (Å²) < 4.78 is 28.1. The second-order valence-corrected chi connectivity index (χ2v) is 7.07. The monoisotopic (exact) mass is 340 g/mol. The predicted octanol–water partition coefficient (Wildman–Crippen LogP) is 2.37. The van der Waals surface area contributed by atoms with Gasteiger partial charge < -0.3 is 4.74 Å².